The van der Waals surface area contributed by atoms with Gasteiger partial charge in [0.15, 0.2) is 0 Å². The number of ether oxygens (including phenoxy) is 2. The molecule has 10 nitrogen and oxygen atoms in total. The summed E-state index contributed by atoms with van der Waals surface area (Å²) in [5, 5.41) is 15.1. The van der Waals surface area contributed by atoms with Gasteiger partial charge in [0, 0.05) is 0 Å². The van der Waals surface area contributed by atoms with Crippen molar-refractivity contribution in [2.75, 3.05) is 7.11 Å². The summed E-state index contributed by atoms with van der Waals surface area (Å²) < 4.78 is 11.7. The fraction of sp³-hybridized carbons (Fsp3) is 0.448. The van der Waals surface area contributed by atoms with Gasteiger partial charge < -0.3 is 9.84 Å². The summed E-state index contributed by atoms with van der Waals surface area (Å²) in [4.78, 5) is 50.0. The van der Waals surface area contributed by atoms with Gasteiger partial charge in [0.2, 0.25) is 0 Å². The van der Waals surface area contributed by atoms with E-state index in [1.165, 1.54) is 6.92 Å². The van der Waals surface area contributed by atoms with E-state index >= 15 is 0 Å². The summed E-state index contributed by atoms with van der Waals surface area (Å²) in [6.07, 6.45) is 0.106. The van der Waals surface area contributed by atoms with Crippen molar-refractivity contribution in [3.8, 4) is 5.75 Å². The molecule has 218 valence electrons. The Kier molecular flexibility index (Phi) is 13.7. The first-order chi connectivity index (χ1) is 19.0. The molecule has 0 radical (unpaired) electrons. The second kappa shape index (κ2) is 16.6. The molecular formula is C29H39N3O7Se. The number of aryl methyl sites for hydroxylation is 1. The van der Waals surface area contributed by atoms with Crippen molar-refractivity contribution in [1.29, 1.82) is 0 Å². The van der Waals surface area contributed by atoms with Crippen LogP contribution in [-0.4, -0.2) is 75.2 Å². The van der Waals surface area contributed by atoms with E-state index in [0.717, 1.165) is 15.8 Å². The molecule has 0 saturated heterocycles. The SMILES string of the molecule is COc1ccc(CCC[C@H](NC(=O)[C@@H](OC(=O)[C@H](C)NC(=O)[C@H](N)C[Se]c2ccccc2)C(C)C)C(=O)O)cc1. The molecule has 0 bridgehead atoms. The third-order valence-corrected chi connectivity index (χ3v) is 8.43. The van der Waals surface area contributed by atoms with E-state index in [1.54, 1.807) is 21.0 Å². The second-order valence-corrected chi connectivity index (χ2v) is 12.0. The number of aliphatic carboxylic acids is 1. The van der Waals surface area contributed by atoms with Gasteiger partial charge in [-0.1, -0.05) is 12.1 Å². The molecule has 11 heteroatoms. The van der Waals surface area contributed by atoms with Gasteiger partial charge in [0.25, 0.3) is 0 Å². The number of carboxylic acid groups (broad SMARTS) is 1. The van der Waals surface area contributed by atoms with E-state index in [0.29, 0.717) is 18.2 Å². The zero-order valence-corrected chi connectivity index (χ0v) is 25.0. The van der Waals surface area contributed by atoms with Gasteiger partial charge in [-0.3, -0.25) is 0 Å². The van der Waals surface area contributed by atoms with Crippen LogP contribution in [0.25, 0.3) is 0 Å². The number of carbonyl (C=O) groups is 4. The van der Waals surface area contributed by atoms with Crippen LogP contribution in [0.15, 0.2) is 54.6 Å². The minimum absolute atomic E-state index is 0.00207. The minimum Gasteiger partial charge on any atom is -0.480 e. The molecule has 0 fully saturated rings. The average Bonchev–Trinajstić information content (AvgIpc) is 2.94. The Morgan fingerprint density at radius 3 is 2.17 bits per heavy atom. The molecule has 2 aromatic carbocycles. The molecule has 0 aliphatic rings. The van der Waals surface area contributed by atoms with Crippen LogP contribution in [0.4, 0.5) is 0 Å². The van der Waals surface area contributed by atoms with Crippen LogP contribution in [0.3, 0.4) is 0 Å². The number of benzene rings is 2. The van der Waals surface area contributed by atoms with E-state index in [-0.39, 0.29) is 21.4 Å². The molecule has 40 heavy (non-hydrogen) atoms. The van der Waals surface area contributed by atoms with Crippen molar-refractivity contribution in [2.24, 2.45) is 11.7 Å². The molecule has 2 amide bonds. The van der Waals surface area contributed by atoms with Crippen LogP contribution in [0.5, 0.6) is 5.75 Å². The topological polar surface area (TPSA) is 157 Å². The van der Waals surface area contributed by atoms with E-state index in [2.05, 4.69) is 10.6 Å². The number of hydrogen-bond donors (Lipinski definition) is 4. The van der Waals surface area contributed by atoms with Crippen LogP contribution in [0.1, 0.15) is 39.2 Å². The summed E-state index contributed by atoms with van der Waals surface area (Å²) in [5.74, 6) is -2.89. The first-order valence-electron chi connectivity index (χ1n) is 13.1. The van der Waals surface area contributed by atoms with E-state index in [9.17, 15) is 24.3 Å². The smallest absolute Gasteiger partial charge is 0.480 e. The molecular weight excluding hydrogens is 581 g/mol. The van der Waals surface area contributed by atoms with E-state index in [4.69, 9.17) is 15.2 Å². The number of hydrogen-bond acceptors (Lipinski definition) is 7. The number of nitrogens with two attached hydrogens (primary N) is 1. The van der Waals surface area contributed by atoms with Crippen molar-refractivity contribution in [1.82, 2.24) is 10.6 Å². The summed E-state index contributed by atoms with van der Waals surface area (Å²) in [6.45, 7) is 4.81. The van der Waals surface area contributed by atoms with Gasteiger partial charge in [-0.05, 0) is 30.5 Å². The molecule has 0 unspecified atom stereocenters. The fourth-order valence-electron chi connectivity index (χ4n) is 3.69. The Balaban J connectivity index is 1.87. The number of nitrogens with one attached hydrogen (secondary N) is 2. The Morgan fingerprint density at radius 1 is 0.950 bits per heavy atom. The molecule has 0 aromatic heterocycles. The molecule has 0 saturated carbocycles. The minimum atomic E-state index is -1.23. The van der Waals surface area contributed by atoms with Crippen molar-refractivity contribution in [3.63, 3.8) is 0 Å². The Morgan fingerprint density at radius 2 is 1.60 bits per heavy atom. The second-order valence-electron chi connectivity index (χ2n) is 9.70. The van der Waals surface area contributed by atoms with Crippen molar-refractivity contribution in [2.45, 2.75) is 69.6 Å². The third-order valence-electron chi connectivity index (χ3n) is 6.06. The number of methoxy groups -OCH3 is 1. The maximum atomic E-state index is 12.9. The van der Waals surface area contributed by atoms with Crippen LogP contribution >= 0.6 is 0 Å². The van der Waals surface area contributed by atoms with Crippen LogP contribution in [-0.2, 0) is 30.3 Å². The molecule has 5 N–H and O–H groups in total. The van der Waals surface area contributed by atoms with Crippen LogP contribution in [0, 0.1) is 5.92 Å². The fourth-order valence-corrected chi connectivity index (χ4v) is 5.52. The zero-order chi connectivity index (χ0) is 29.7. The number of amides is 2. The zero-order valence-electron chi connectivity index (χ0n) is 23.3. The number of carboxylic acids is 1. The van der Waals surface area contributed by atoms with Gasteiger partial charge in [-0.15, -0.1) is 0 Å². The molecule has 0 heterocycles. The molecule has 0 aliphatic carbocycles. The van der Waals surface area contributed by atoms with E-state index in [1.807, 2.05) is 54.6 Å². The summed E-state index contributed by atoms with van der Waals surface area (Å²) in [5.41, 5.74) is 7.03. The van der Waals surface area contributed by atoms with Gasteiger partial charge >= 0.3 is 172 Å². The summed E-state index contributed by atoms with van der Waals surface area (Å²) in [6, 6.07) is 14.2. The molecule has 4 atom stereocenters. The standard InChI is InChI=1S/C29H39N3O7Se/c1-18(2)25(27(34)32-24(28(35)36)12-8-9-20-13-15-21(38-4)16-14-20)39-29(37)19(3)31-26(33)23(30)17-40-22-10-6-5-7-11-22/h5-7,10-11,13-16,18-19,23-25H,8-9,12,17,30H2,1-4H3,(H,31,33)(H,32,34)(H,35,36)/t19-,23+,24-,25-/m0/s1. The van der Waals surface area contributed by atoms with Crippen molar-refractivity contribution in [3.05, 3.63) is 60.2 Å². The summed E-state index contributed by atoms with van der Waals surface area (Å²) in [7, 11) is 1.58. The van der Waals surface area contributed by atoms with Gasteiger partial charge in [0.05, 0.1) is 7.11 Å². The normalized spacial score (nSPS) is 13.9. The maximum absolute atomic E-state index is 12.9. The van der Waals surface area contributed by atoms with Crippen LogP contribution < -0.4 is 25.6 Å². The van der Waals surface area contributed by atoms with Crippen molar-refractivity contribution < 1.29 is 33.8 Å². The third kappa shape index (κ3) is 11.0. The first kappa shape index (κ1) is 32.8. The predicted molar refractivity (Wildman–Crippen MR) is 152 cm³/mol. The molecule has 0 spiro atoms. The molecule has 2 aromatic rings. The molecule has 0 aliphatic heterocycles. The van der Waals surface area contributed by atoms with Gasteiger partial charge in [-0.25, -0.2) is 4.79 Å². The Hall–Kier alpha value is -3.40. The average molecular weight is 621 g/mol. The predicted octanol–water partition coefficient (Wildman–Crippen LogP) is 1.44. The van der Waals surface area contributed by atoms with Crippen molar-refractivity contribution >= 4 is 43.2 Å². The van der Waals surface area contributed by atoms with E-state index < -0.39 is 53.9 Å². The monoisotopic (exact) mass is 621 g/mol. The number of rotatable bonds is 16. The number of carbonyl (C=O) groups excluding carboxylic acids is 3. The Bertz CT molecular complexity index is 1110. The van der Waals surface area contributed by atoms with Gasteiger partial charge in [0.1, 0.15) is 5.75 Å². The number of esters is 1. The summed E-state index contributed by atoms with van der Waals surface area (Å²) >= 11 is -0.00207. The Labute approximate surface area is 241 Å². The first-order valence-corrected chi connectivity index (χ1v) is 15.2. The van der Waals surface area contributed by atoms with Gasteiger partial charge in [-0.2, -0.15) is 0 Å². The quantitative estimate of drug-likeness (QED) is 0.162. The van der Waals surface area contributed by atoms with Crippen LogP contribution in [0.2, 0.25) is 5.32 Å². The molecule has 2 rings (SSSR count).